The lowest BCUT2D eigenvalue weighted by molar-refractivity contribution is -0.143. The molecular formula is C13H25NO2. The van der Waals surface area contributed by atoms with Gasteiger partial charge in [-0.1, -0.05) is 13.8 Å². The van der Waals surface area contributed by atoms with Crippen molar-refractivity contribution in [2.45, 2.75) is 52.5 Å². The SMILES string of the molecule is CCOC(=O)CCNC1CCC(C)C(C)C1. The van der Waals surface area contributed by atoms with Gasteiger partial charge in [-0.3, -0.25) is 4.79 Å². The van der Waals surface area contributed by atoms with Crippen molar-refractivity contribution in [3.63, 3.8) is 0 Å². The van der Waals surface area contributed by atoms with Crippen LogP contribution < -0.4 is 5.32 Å². The topological polar surface area (TPSA) is 38.3 Å². The molecule has 3 unspecified atom stereocenters. The number of hydrogen-bond acceptors (Lipinski definition) is 3. The van der Waals surface area contributed by atoms with Gasteiger partial charge in [0.25, 0.3) is 0 Å². The van der Waals surface area contributed by atoms with Gasteiger partial charge in [0.15, 0.2) is 0 Å². The summed E-state index contributed by atoms with van der Waals surface area (Å²) < 4.78 is 4.89. The Balaban J connectivity index is 2.12. The number of hydrogen-bond donors (Lipinski definition) is 1. The van der Waals surface area contributed by atoms with Crippen LogP contribution in [0.15, 0.2) is 0 Å². The van der Waals surface area contributed by atoms with Crippen LogP contribution in [0.3, 0.4) is 0 Å². The second kappa shape index (κ2) is 6.89. The predicted molar refractivity (Wildman–Crippen MR) is 65.2 cm³/mol. The molecule has 0 aromatic carbocycles. The van der Waals surface area contributed by atoms with Crippen LogP contribution in [0.1, 0.15) is 46.5 Å². The van der Waals surface area contributed by atoms with Crippen LogP contribution in [0.5, 0.6) is 0 Å². The van der Waals surface area contributed by atoms with Crippen LogP contribution in [0.25, 0.3) is 0 Å². The lowest BCUT2D eigenvalue weighted by atomic mass is 9.79. The lowest BCUT2D eigenvalue weighted by Crippen LogP contribution is -2.37. The Morgan fingerprint density at radius 1 is 1.31 bits per heavy atom. The Labute approximate surface area is 98.9 Å². The number of nitrogens with one attached hydrogen (secondary N) is 1. The van der Waals surface area contributed by atoms with E-state index in [1.54, 1.807) is 0 Å². The molecule has 16 heavy (non-hydrogen) atoms. The number of carbonyl (C=O) groups is 1. The largest absolute Gasteiger partial charge is 0.466 e. The molecule has 0 aromatic heterocycles. The third kappa shape index (κ3) is 4.52. The minimum Gasteiger partial charge on any atom is -0.466 e. The summed E-state index contributed by atoms with van der Waals surface area (Å²) in [6, 6.07) is 0.598. The molecule has 3 atom stereocenters. The second-order valence-corrected chi connectivity index (χ2v) is 4.97. The zero-order valence-electron chi connectivity index (χ0n) is 10.8. The van der Waals surface area contributed by atoms with Gasteiger partial charge in [0, 0.05) is 12.6 Å². The molecule has 1 saturated carbocycles. The first-order valence-electron chi connectivity index (χ1n) is 6.52. The molecule has 0 saturated heterocycles. The highest BCUT2D eigenvalue weighted by Crippen LogP contribution is 2.29. The van der Waals surface area contributed by atoms with E-state index in [0.717, 1.165) is 18.4 Å². The van der Waals surface area contributed by atoms with Crippen molar-refractivity contribution in [3.05, 3.63) is 0 Å². The zero-order chi connectivity index (χ0) is 12.0. The van der Waals surface area contributed by atoms with Crippen LogP contribution in [0, 0.1) is 11.8 Å². The maximum absolute atomic E-state index is 11.1. The molecule has 0 radical (unpaired) electrons. The number of carbonyl (C=O) groups excluding carboxylic acids is 1. The highest BCUT2D eigenvalue weighted by Gasteiger charge is 2.23. The smallest absolute Gasteiger partial charge is 0.307 e. The van der Waals surface area contributed by atoms with Crippen LogP contribution in [0.4, 0.5) is 0 Å². The maximum Gasteiger partial charge on any atom is 0.307 e. The Morgan fingerprint density at radius 3 is 2.69 bits per heavy atom. The van der Waals surface area contributed by atoms with E-state index < -0.39 is 0 Å². The van der Waals surface area contributed by atoms with Gasteiger partial charge in [0.2, 0.25) is 0 Å². The van der Waals surface area contributed by atoms with Crippen molar-refractivity contribution < 1.29 is 9.53 Å². The van der Waals surface area contributed by atoms with E-state index in [0.29, 0.717) is 19.1 Å². The van der Waals surface area contributed by atoms with E-state index in [4.69, 9.17) is 4.74 Å². The predicted octanol–water partition coefficient (Wildman–Crippen LogP) is 2.35. The third-order valence-electron chi connectivity index (χ3n) is 3.67. The number of rotatable bonds is 5. The van der Waals surface area contributed by atoms with Crippen molar-refractivity contribution in [3.8, 4) is 0 Å². The molecule has 0 aromatic rings. The summed E-state index contributed by atoms with van der Waals surface area (Å²) in [5, 5.41) is 3.46. The molecule has 0 aliphatic heterocycles. The molecule has 0 amide bonds. The number of esters is 1. The van der Waals surface area contributed by atoms with Crippen molar-refractivity contribution >= 4 is 5.97 Å². The lowest BCUT2D eigenvalue weighted by Gasteiger charge is -2.32. The summed E-state index contributed by atoms with van der Waals surface area (Å²) in [7, 11) is 0. The fourth-order valence-corrected chi connectivity index (χ4v) is 2.34. The minimum atomic E-state index is -0.0905. The molecule has 1 fully saturated rings. The van der Waals surface area contributed by atoms with Gasteiger partial charge >= 0.3 is 5.97 Å². The second-order valence-electron chi connectivity index (χ2n) is 4.97. The van der Waals surface area contributed by atoms with E-state index in [1.165, 1.54) is 19.3 Å². The molecule has 1 N–H and O–H groups in total. The average molecular weight is 227 g/mol. The first-order chi connectivity index (χ1) is 7.63. The molecule has 1 rings (SSSR count). The fourth-order valence-electron chi connectivity index (χ4n) is 2.34. The number of ether oxygens (including phenoxy) is 1. The van der Waals surface area contributed by atoms with E-state index in [1.807, 2.05) is 6.92 Å². The molecule has 1 aliphatic carbocycles. The average Bonchev–Trinajstić information content (AvgIpc) is 2.24. The van der Waals surface area contributed by atoms with Gasteiger partial charge in [0.05, 0.1) is 13.0 Å². The molecule has 3 heteroatoms. The molecule has 94 valence electrons. The van der Waals surface area contributed by atoms with Gasteiger partial charge < -0.3 is 10.1 Å². The van der Waals surface area contributed by atoms with Crippen molar-refractivity contribution in [1.82, 2.24) is 5.32 Å². The van der Waals surface area contributed by atoms with Crippen LogP contribution in [-0.2, 0) is 9.53 Å². The molecule has 1 aliphatic rings. The highest BCUT2D eigenvalue weighted by atomic mass is 16.5. The zero-order valence-corrected chi connectivity index (χ0v) is 10.8. The Hall–Kier alpha value is -0.570. The quantitative estimate of drug-likeness (QED) is 0.733. The van der Waals surface area contributed by atoms with E-state index >= 15 is 0 Å². The van der Waals surface area contributed by atoms with E-state index in [-0.39, 0.29) is 5.97 Å². The molecular weight excluding hydrogens is 202 g/mol. The van der Waals surface area contributed by atoms with E-state index in [2.05, 4.69) is 19.2 Å². The van der Waals surface area contributed by atoms with Gasteiger partial charge in [-0.15, -0.1) is 0 Å². The van der Waals surface area contributed by atoms with Crippen molar-refractivity contribution in [2.75, 3.05) is 13.2 Å². The monoisotopic (exact) mass is 227 g/mol. The Morgan fingerprint density at radius 2 is 2.06 bits per heavy atom. The molecule has 0 heterocycles. The minimum absolute atomic E-state index is 0.0905. The van der Waals surface area contributed by atoms with Gasteiger partial charge in [0.1, 0.15) is 0 Å². The maximum atomic E-state index is 11.1. The normalized spacial score (nSPS) is 30.1. The van der Waals surface area contributed by atoms with Crippen LogP contribution in [0.2, 0.25) is 0 Å². The Kier molecular flexibility index (Phi) is 5.81. The third-order valence-corrected chi connectivity index (χ3v) is 3.67. The molecule has 0 spiro atoms. The summed E-state index contributed by atoms with van der Waals surface area (Å²) in [4.78, 5) is 11.1. The first-order valence-corrected chi connectivity index (χ1v) is 6.52. The summed E-state index contributed by atoms with van der Waals surface area (Å²) in [6.45, 7) is 7.74. The van der Waals surface area contributed by atoms with Gasteiger partial charge in [-0.25, -0.2) is 0 Å². The van der Waals surface area contributed by atoms with Gasteiger partial charge in [-0.05, 0) is 38.0 Å². The first kappa shape index (κ1) is 13.5. The summed E-state index contributed by atoms with van der Waals surface area (Å²) in [5.74, 6) is 1.56. The van der Waals surface area contributed by atoms with Crippen LogP contribution in [-0.4, -0.2) is 25.2 Å². The molecule has 3 nitrogen and oxygen atoms in total. The van der Waals surface area contributed by atoms with Crippen LogP contribution >= 0.6 is 0 Å². The van der Waals surface area contributed by atoms with E-state index in [9.17, 15) is 4.79 Å². The summed E-state index contributed by atoms with van der Waals surface area (Å²) >= 11 is 0. The fraction of sp³-hybridized carbons (Fsp3) is 0.923. The standard InChI is InChI=1S/C13H25NO2/c1-4-16-13(15)7-8-14-12-6-5-10(2)11(3)9-12/h10-12,14H,4-9H2,1-3H3. The summed E-state index contributed by atoms with van der Waals surface area (Å²) in [5.41, 5.74) is 0. The summed E-state index contributed by atoms with van der Waals surface area (Å²) in [6.07, 6.45) is 4.28. The van der Waals surface area contributed by atoms with Crippen molar-refractivity contribution in [1.29, 1.82) is 0 Å². The highest BCUT2D eigenvalue weighted by molar-refractivity contribution is 5.69. The van der Waals surface area contributed by atoms with Gasteiger partial charge in [-0.2, -0.15) is 0 Å². The molecule has 0 bridgehead atoms. The van der Waals surface area contributed by atoms with Crippen molar-refractivity contribution in [2.24, 2.45) is 11.8 Å². The Bertz CT molecular complexity index is 218.